The number of nitrogens with zero attached hydrogens (tertiary/aromatic N) is 7. The van der Waals surface area contributed by atoms with Gasteiger partial charge in [-0.15, -0.1) is 0 Å². The molecule has 0 spiro atoms. The van der Waals surface area contributed by atoms with Gasteiger partial charge in [0.2, 0.25) is 0 Å². The van der Waals surface area contributed by atoms with Gasteiger partial charge < -0.3 is 0 Å². The number of aromatic amines is 1. The van der Waals surface area contributed by atoms with Crippen LogP contribution in [0.4, 0.5) is 13.2 Å². The monoisotopic (exact) mass is 414 g/mol. The highest BCUT2D eigenvalue weighted by atomic mass is 19.4. The number of alkyl halides is 3. The summed E-state index contributed by atoms with van der Waals surface area (Å²) in [7, 11) is 1.74. The summed E-state index contributed by atoms with van der Waals surface area (Å²) in [5.41, 5.74) is 1.51. The van der Waals surface area contributed by atoms with Crippen molar-refractivity contribution < 1.29 is 13.2 Å². The van der Waals surface area contributed by atoms with Crippen LogP contribution in [0.25, 0.3) is 33.8 Å². The lowest BCUT2D eigenvalue weighted by Crippen LogP contribution is -2.22. The SMILES string of the molecule is Cn1nccc1-c1cc(C(C)(C)C#N)c2c(n1)c(-c1ccn[nH]1)nn2CC(F)(F)F. The van der Waals surface area contributed by atoms with E-state index in [2.05, 4.69) is 31.4 Å². The van der Waals surface area contributed by atoms with E-state index in [0.29, 0.717) is 22.6 Å². The highest BCUT2D eigenvalue weighted by molar-refractivity contribution is 5.93. The molecule has 0 aliphatic heterocycles. The zero-order valence-corrected chi connectivity index (χ0v) is 16.4. The number of hydrogen-bond acceptors (Lipinski definition) is 5. The maximum absolute atomic E-state index is 13.3. The Labute approximate surface area is 169 Å². The second-order valence-corrected chi connectivity index (χ2v) is 7.42. The second kappa shape index (κ2) is 6.69. The fraction of sp³-hybridized carbons (Fsp3) is 0.316. The molecule has 8 nitrogen and oxygen atoms in total. The molecule has 0 fully saturated rings. The summed E-state index contributed by atoms with van der Waals surface area (Å²) < 4.78 is 42.4. The van der Waals surface area contributed by atoms with Crippen molar-refractivity contribution in [1.29, 1.82) is 5.26 Å². The number of halogens is 3. The molecule has 0 saturated carbocycles. The van der Waals surface area contributed by atoms with Gasteiger partial charge in [0.1, 0.15) is 17.8 Å². The molecule has 0 aromatic carbocycles. The van der Waals surface area contributed by atoms with E-state index in [9.17, 15) is 18.4 Å². The first-order valence-corrected chi connectivity index (χ1v) is 8.99. The van der Waals surface area contributed by atoms with Crippen molar-refractivity contribution in [2.24, 2.45) is 7.05 Å². The third kappa shape index (κ3) is 3.30. The lowest BCUT2D eigenvalue weighted by molar-refractivity contribution is -0.141. The zero-order chi connectivity index (χ0) is 21.7. The van der Waals surface area contributed by atoms with Gasteiger partial charge >= 0.3 is 6.18 Å². The van der Waals surface area contributed by atoms with Gasteiger partial charge in [0.05, 0.1) is 34.1 Å². The van der Waals surface area contributed by atoms with Crippen LogP contribution < -0.4 is 0 Å². The van der Waals surface area contributed by atoms with Crippen LogP contribution in [0.15, 0.2) is 30.6 Å². The van der Waals surface area contributed by atoms with E-state index >= 15 is 0 Å². The maximum atomic E-state index is 13.3. The van der Waals surface area contributed by atoms with Gasteiger partial charge in [-0.05, 0) is 32.0 Å². The molecule has 0 aliphatic rings. The van der Waals surface area contributed by atoms with Crippen molar-refractivity contribution >= 4 is 11.0 Å². The lowest BCUT2D eigenvalue weighted by atomic mass is 9.85. The van der Waals surface area contributed by atoms with E-state index in [1.165, 1.54) is 6.20 Å². The van der Waals surface area contributed by atoms with Gasteiger partial charge in [0.15, 0.2) is 0 Å². The Balaban J connectivity index is 2.12. The summed E-state index contributed by atoms with van der Waals surface area (Å²) in [5.74, 6) is 0. The predicted molar refractivity (Wildman–Crippen MR) is 102 cm³/mol. The fourth-order valence-electron chi connectivity index (χ4n) is 3.33. The normalized spacial score (nSPS) is 12.4. The minimum Gasteiger partial charge on any atom is -0.276 e. The number of rotatable bonds is 4. The van der Waals surface area contributed by atoms with E-state index in [-0.39, 0.29) is 16.7 Å². The van der Waals surface area contributed by atoms with Gasteiger partial charge in [0.25, 0.3) is 0 Å². The van der Waals surface area contributed by atoms with E-state index in [4.69, 9.17) is 0 Å². The van der Waals surface area contributed by atoms with Crippen LogP contribution >= 0.6 is 0 Å². The molecule has 0 amide bonds. The highest BCUT2D eigenvalue weighted by Crippen LogP contribution is 2.37. The van der Waals surface area contributed by atoms with Crippen LogP contribution in [0.3, 0.4) is 0 Å². The molecule has 0 saturated heterocycles. The molecule has 0 atom stereocenters. The molecule has 4 rings (SSSR count). The van der Waals surface area contributed by atoms with E-state index in [1.54, 1.807) is 50.0 Å². The standard InChI is InChI=1S/C19H17F3N8/c1-18(2,9-23)11-8-13(14-5-7-25-29(14)3)26-16-15(12-4-6-24-27-12)28-30(17(11)16)10-19(20,21)22/h4-8H,10H2,1-3H3,(H,24,27). The summed E-state index contributed by atoms with van der Waals surface area (Å²) in [6.45, 7) is 1.99. The molecule has 0 bridgehead atoms. The average Bonchev–Trinajstić information content (AvgIpc) is 3.40. The molecule has 11 heteroatoms. The third-order valence-electron chi connectivity index (χ3n) is 4.82. The van der Waals surface area contributed by atoms with Crippen LogP contribution in [0.2, 0.25) is 0 Å². The molecular weight excluding hydrogens is 397 g/mol. The van der Waals surface area contributed by atoms with Crippen molar-refractivity contribution in [1.82, 2.24) is 34.7 Å². The first-order valence-electron chi connectivity index (χ1n) is 8.99. The Morgan fingerprint density at radius 2 is 1.97 bits per heavy atom. The Morgan fingerprint density at radius 3 is 2.53 bits per heavy atom. The number of nitriles is 1. The quantitative estimate of drug-likeness (QED) is 0.550. The van der Waals surface area contributed by atoms with Crippen LogP contribution in [0.5, 0.6) is 0 Å². The number of aromatic nitrogens is 7. The summed E-state index contributed by atoms with van der Waals surface area (Å²) in [5, 5.41) is 24.7. The summed E-state index contributed by atoms with van der Waals surface area (Å²) in [6.07, 6.45) is -1.42. The maximum Gasteiger partial charge on any atom is 0.408 e. The van der Waals surface area contributed by atoms with Crippen molar-refractivity contribution in [3.8, 4) is 28.8 Å². The summed E-state index contributed by atoms with van der Waals surface area (Å²) >= 11 is 0. The molecule has 4 aromatic heterocycles. The molecule has 1 N–H and O–H groups in total. The molecule has 0 aliphatic carbocycles. The van der Waals surface area contributed by atoms with Crippen LogP contribution in [0.1, 0.15) is 19.4 Å². The van der Waals surface area contributed by atoms with Crippen LogP contribution in [-0.2, 0) is 19.0 Å². The molecule has 0 radical (unpaired) electrons. The van der Waals surface area contributed by atoms with E-state index in [0.717, 1.165) is 4.68 Å². The van der Waals surface area contributed by atoms with Crippen LogP contribution in [-0.4, -0.2) is 40.9 Å². The number of nitrogens with one attached hydrogen (secondary N) is 1. The zero-order valence-electron chi connectivity index (χ0n) is 16.4. The van der Waals surface area contributed by atoms with Crippen LogP contribution in [0, 0.1) is 11.3 Å². The number of fused-ring (bicyclic) bond motifs is 1. The predicted octanol–water partition coefficient (Wildman–Crippen LogP) is 3.59. The molecule has 30 heavy (non-hydrogen) atoms. The second-order valence-electron chi connectivity index (χ2n) is 7.42. The van der Waals surface area contributed by atoms with Gasteiger partial charge in [-0.3, -0.25) is 14.5 Å². The average molecular weight is 414 g/mol. The topological polar surface area (TPSA) is 101 Å². The summed E-state index contributed by atoms with van der Waals surface area (Å²) in [6, 6.07) is 7.16. The summed E-state index contributed by atoms with van der Waals surface area (Å²) in [4.78, 5) is 4.62. The van der Waals surface area contributed by atoms with Gasteiger partial charge in [-0.25, -0.2) is 4.98 Å². The Bertz CT molecular complexity index is 1260. The number of hydrogen-bond donors (Lipinski definition) is 1. The van der Waals surface area contributed by atoms with Crippen molar-refractivity contribution in [3.63, 3.8) is 0 Å². The van der Waals surface area contributed by atoms with Crippen molar-refractivity contribution in [3.05, 3.63) is 36.2 Å². The minimum atomic E-state index is -4.50. The Kier molecular flexibility index (Phi) is 4.38. The molecule has 154 valence electrons. The first-order chi connectivity index (χ1) is 14.1. The molecule has 4 heterocycles. The number of H-pyrrole nitrogens is 1. The number of aryl methyl sites for hydroxylation is 1. The number of pyridine rings is 1. The Hall–Kier alpha value is -3.68. The molecule has 4 aromatic rings. The lowest BCUT2D eigenvalue weighted by Gasteiger charge is -2.20. The molecule has 0 unspecified atom stereocenters. The van der Waals surface area contributed by atoms with Crippen molar-refractivity contribution in [2.45, 2.75) is 32.0 Å². The van der Waals surface area contributed by atoms with Crippen molar-refractivity contribution in [2.75, 3.05) is 0 Å². The van der Waals surface area contributed by atoms with Gasteiger partial charge in [-0.1, -0.05) is 0 Å². The highest BCUT2D eigenvalue weighted by Gasteiger charge is 2.34. The molecular formula is C19H17F3N8. The van der Waals surface area contributed by atoms with E-state index in [1.807, 2.05) is 0 Å². The Morgan fingerprint density at radius 1 is 1.20 bits per heavy atom. The minimum absolute atomic E-state index is 0.161. The van der Waals surface area contributed by atoms with Gasteiger partial charge in [0, 0.05) is 25.0 Å². The van der Waals surface area contributed by atoms with E-state index < -0.39 is 18.1 Å². The first kappa shape index (κ1) is 19.6. The largest absolute Gasteiger partial charge is 0.408 e. The fourth-order valence-corrected chi connectivity index (χ4v) is 3.33. The third-order valence-corrected chi connectivity index (χ3v) is 4.82. The smallest absolute Gasteiger partial charge is 0.276 e. The van der Waals surface area contributed by atoms with Gasteiger partial charge in [-0.2, -0.15) is 33.7 Å².